The van der Waals surface area contributed by atoms with Gasteiger partial charge in [0.1, 0.15) is 5.82 Å². The van der Waals surface area contributed by atoms with Crippen LogP contribution in [0.25, 0.3) is 0 Å². The van der Waals surface area contributed by atoms with E-state index in [1.165, 1.54) is 41.3 Å². The molecular weight excluding hydrogens is 463 g/mol. The third kappa shape index (κ3) is 5.97. The van der Waals surface area contributed by atoms with Crippen LogP contribution in [0, 0.1) is 25.6 Å². The number of halogens is 1. The Bertz CT molecular complexity index is 1120. The van der Waals surface area contributed by atoms with Crippen molar-refractivity contribution in [3.8, 4) is 0 Å². The van der Waals surface area contributed by atoms with E-state index in [1.807, 2.05) is 39.2 Å². The number of carbonyl (C=O) groups excluding carboxylic acids is 2. The Morgan fingerprint density at radius 3 is 2.55 bits per heavy atom. The lowest BCUT2D eigenvalue weighted by Crippen LogP contribution is -2.34. The molecule has 2 aromatic heterocycles. The predicted molar refractivity (Wildman–Crippen MR) is 128 cm³/mol. The summed E-state index contributed by atoms with van der Waals surface area (Å²) in [5.74, 6) is -0.598. The first kappa shape index (κ1) is 24.8. The van der Waals surface area contributed by atoms with Crippen LogP contribution in [-0.2, 0) is 11.3 Å². The van der Waals surface area contributed by atoms with Crippen molar-refractivity contribution < 1.29 is 14.0 Å². The molecule has 2 N–H and O–H groups in total. The van der Waals surface area contributed by atoms with E-state index >= 15 is 0 Å². The fourth-order valence-electron chi connectivity index (χ4n) is 3.14. The molecule has 33 heavy (non-hydrogen) atoms. The molecule has 3 rings (SSSR count). The van der Waals surface area contributed by atoms with Gasteiger partial charge in [0.05, 0.1) is 23.1 Å². The van der Waals surface area contributed by atoms with Crippen molar-refractivity contribution in [3.63, 3.8) is 0 Å². The first-order chi connectivity index (χ1) is 15.7. The molecule has 1 atom stereocenters. The Morgan fingerprint density at radius 2 is 1.94 bits per heavy atom. The minimum absolute atomic E-state index is 0.0206. The topological polar surface area (TPSA) is 102 Å². The molecule has 8 nitrogen and oxygen atoms in total. The molecular formula is C22H27FN6O2S2. The Labute approximate surface area is 200 Å². The number of thioether (sulfide) groups is 1. The predicted octanol–water partition coefficient (Wildman–Crippen LogP) is 4.37. The second-order valence-electron chi connectivity index (χ2n) is 7.76. The molecule has 0 aliphatic carbocycles. The number of carbonyl (C=O) groups is 2. The highest BCUT2D eigenvalue weighted by Gasteiger charge is 2.27. The van der Waals surface area contributed by atoms with Crippen molar-refractivity contribution in [2.75, 3.05) is 11.1 Å². The highest BCUT2D eigenvalue weighted by molar-refractivity contribution is 7.99. The van der Waals surface area contributed by atoms with Crippen molar-refractivity contribution in [3.05, 3.63) is 52.0 Å². The molecule has 0 aliphatic heterocycles. The average molecular weight is 491 g/mol. The highest BCUT2D eigenvalue weighted by atomic mass is 32.2. The van der Waals surface area contributed by atoms with Gasteiger partial charge in [-0.2, -0.15) is 0 Å². The maximum Gasteiger partial charge on any atom is 0.254 e. The minimum atomic E-state index is -0.581. The molecule has 0 saturated heterocycles. The zero-order valence-electron chi connectivity index (χ0n) is 19.2. The fourth-order valence-corrected chi connectivity index (χ4v) is 4.78. The van der Waals surface area contributed by atoms with Gasteiger partial charge in [0.25, 0.3) is 5.91 Å². The fraction of sp³-hybridized carbons (Fsp3) is 0.409. The van der Waals surface area contributed by atoms with Crippen molar-refractivity contribution in [1.82, 2.24) is 25.1 Å². The normalized spacial score (nSPS) is 12.1. The SMILES string of the molecule is CCn1c(SCC(=O)Nc2nc(C)c(C)s2)nnc1[C@@H](NC(=O)c1ccccc1F)C(C)C. The first-order valence-electron chi connectivity index (χ1n) is 10.6. The summed E-state index contributed by atoms with van der Waals surface area (Å²) >= 11 is 2.69. The molecule has 1 aromatic carbocycles. The van der Waals surface area contributed by atoms with Gasteiger partial charge < -0.3 is 15.2 Å². The Morgan fingerprint density at radius 1 is 1.21 bits per heavy atom. The van der Waals surface area contributed by atoms with Crippen molar-refractivity contribution in [2.24, 2.45) is 5.92 Å². The number of hydrogen-bond donors (Lipinski definition) is 2. The van der Waals surface area contributed by atoms with Crippen LogP contribution in [0.15, 0.2) is 29.4 Å². The largest absolute Gasteiger partial charge is 0.342 e. The van der Waals surface area contributed by atoms with E-state index < -0.39 is 17.8 Å². The van der Waals surface area contributed by atoms with Gasteiger partial charge >= 0.3 is 0 Å². The maximum absolute atomic E-state index is 14.1. The summed E-state index contributed by atoms with van der Waals surface area (Å²) in [5, 5.41) is 15.4. The standard InChI is InChI=1S/C22H27FN6O2S2/c1-6-29-19(18(12(2)3)26-20(31)15-9-7-8-10-16(15)23)27-28-22(29)32-11-17(30)25-21-24-13(4)14(5)33-21/h7-10,12,18H,6,11H2,1-5H3,(H,26,31)(H,24,25,30)/t18-/m0/s1. The summed E-state index contributed by atoms with van der Waals surface area (Å²) in [7, 11) is 0. The second-order valence-corrected chi connectivity index (χ2v) is 9.90. The number of anilines is 1. The molecule has 0 bridgehead atoms. The van der Waals surface area contributed by atoms with Crippen LogP contribution in [0.2, 0.25) is 0 Å². The Balaban J connectivity index is 1.72. The van der Waals surface area contributed by atoms with Crippen LogP contribution >= 0.6 is 23.1 Å². The Hall–Kier alpha value is -2.79. The van der Waals surface area contributed by atoms with Crippen LogP contribution in [0.3, 0.4) is 0 Å². The van der Waals surface area contributed by atoms with E-state index in [0.29, 0.717) is 22.7 Å². The molecule has 0 saturated carbocycles. The number of nitrogens with one attached hydrogen (secondary N) is 2. The van der Waals surface area contributed by atoms with Gasteiger partial charge in [0.2, 0.25) is 5.91 Å². The van der Waals surface area contributed by atoms with Crippen molar-refractivity contribution in [1.29, 1.82) is 0 Å². The quantitative estimate of drug-likeness (QED) is 0.432. The number of aryl methyl sites for hydroxylation is 2. The molecule has 0 fully saturated rings. The lowest BCUT2D eigenvalue weighted by atomic mass is 10.0. The monoisotopic (exact) mass is 490 g/mol. The maximum atomic E-state index is 14.1. The molecule has 0 unspecified atom stereocenters. The number of hydrogen-bond acceptors (Lipinski definition) is 7. The lowest BCUT2D eigenvalue weighted by molar-refractivity contribution is -0.113. The van der Waals surface area contributed by atoms with Gasteiger partial charge in [-0.3, -0.25) is 9.59 Å². The van der Waals surface area contributed by atoms with E-state index in [-0.39, 0.29) is 23.1 Å². The summed E-state index contributed by atoms with van der Waals surface area (Å²) in [6.45, 7) is 10.2. The van der Waals surface area contributed by atoms with Gasteiger partial charge in [-0.05, 0) is 38.8 Å². The van der Waals surface area contributed by atoms with E-state index in [4.69, 9.17) is 0 Å². The van der Waals surface area contributed by atoms with Crippen LogP contribution in [-0.4, -0.2) is 37.3 Å². The van der Waals surface area contributed by atoms with Crippen LogP contribution in [0.4, 0.5) is 9.52 Å². The van der Waals surface area contributed by atoms with Crippen LogP contribution in [0.5, 0.6) is 0 Å². The van der Waals surface area contributed by atoms with E-state index in [0.717, 1.165) is 10.6 Å². The van der Waals surface area contributed by atoms with Crippen LogP contribution in [0.1, 0.15) is 53.6 Å². The van der Waals surface area contributed by atoms with E-state index in [9.17, 15) is 14.0 Å². The minimum Gasteiger partial charge on any atom is -0.342 e. The number of thiazole rings is 1. The number of amides is 2. The van der Waals surface area contributed by atoms with E-state index in [1.54, 1.807) is 6.07 Å². The molecule has 0 radical (unpaired) electrons. The molecule has 0 spiro atoms. The average Bonchev–Trinajstić information content (AvgIpc) is 3.32. The lowest BCUT2D eigenvalue weighted by Gasteiger charge is -2.22. The first-order valence-corrected chi connectivity index (χ1v) is 12.4. The molecule has 2 heterocycles. The number of benzene rings is 1. The van der Waals surface area contributed by atoms with Gasteiger partial charge in [0.15, 0.2) is 16.1 Å². The molecule has 2 amide bonds. The number of nitrogens with zero attached hydrogens (tertiary/aromatic N) is 4. The van der Waals surface area contributed by atoms with Gasteiger partial charge in [-0.15, -0.1) is 21.5 Å². The summed E-state index contributed by atoms with van der Waals surface area (Å²) < 4.78 is 15.9. The third-order valence-corrected chi connectivity index (χ3v) is 6.97. The summed E-state index contributed by atoms with van der Waals surface area (Å²) in [6, 6.07) is 5.37. The smallest absolute Gasteiger partial charge is 0.254 e. The zero-order chi connectivity index (χ0) is 24.1. The number of aromatic nitrogens is 4. The Kier molecular flexibility index (Phi) is 8.20. The highest BCUT2D eigenvalue weighted by Crippen LogP contribution is 2.26. The molecule has 0 aliphatic rings. The number of rotatable bonds is 9. The molecule has 11 heteroatoms. The second kappa shape index (κ2) is 10.9. The molecule has 3 aromatic rings. The van der Waals surface area contributed by atoms with Crippen LogP contribution < -0.4 is 10.6 Å². The summed E-state index contributed by atoms with van der Waals surface area (Å²) in [6.07, 6.45) is 0. The van der Waals surface area contributed by atoms with Crippen molar-refractivity contribution >= 4 is 40.0 Å². The van der Waals surface area contributed by atoms with Gasteiger partial charge in [-0.1, -0.05) is 37.7 Å². The third-order valence-electron chi connectivity index (χ3n) is 5.02. The summed E-state index contributed by atoms with van der Waals surface area (Å²) in [5.41, 5.74) is 0.875. The van der Waals surface area contributed by atoms with Gasteiger partial charge in [0, 0.05) is 11.4 Å². The van der Waals surface area contributed by atoms with Crippen molar-refractivity contribution in [2.45, 2.75) is 52.4 Å². The van der Waals surface area contributed by atoms with E-state index in [2.05, 4.69) is 25.8 Å². The summed E-state index contributed by atoms with van der Waals surface area (Å²) in [4.78, 5) is 30.5. The zero-order valence-corrected chi connectivity index (χ0v) is 20.8. The molecule has 176 valence electrons. The van der Waals surface area contributed by atoms with Gasteiger partial charge in [-0.25, -0.2) is 9.37 Å².